The minimum Gasteiger partial charge on any atom is -0.357 e. The van der Waals surface area contributed by atoms with Gasteiger partial charge in [-0.3, -0.25) is 4.79 Å². The number of nitrogens with zero attached hydrogens (tertiary/aromatic N) is 3. The molecule has 0 aliphatic carbocycles. The summed E-state index contributed by atoms with van der Waals surface area (Å²) < 4.78 is 0. The fourth-order valence-corrected chi connectivity index (χ4v) is 3.11. The van der Waals surface area contributed by atoms with Gasteiger partial charge in [-0.05, 0) is 38.5 Å². The van der Waals surface area contributed by atoms with Gasteiger partial charge in [0.05, 0.1) is 23.8 Å². The lowest BCUT2D eigenvalue weighted by atomic mass is 10.1. The Morgan fingerprint density at radius 2 is 2.04 bits per heavy atom. The summed E-state index contributed by atoms with van der Waals surface area (Å²) in [6, 6.07) is 7.59. The van der Waals surface area contributed by atoms with E-state index >= 15 is 0 Å². The Morgan fingerprint density at radius 3 is 2.69 bits per heavy atom. The zero-order valence-corrected chi connectivity index (χ0v) is 16.7. The summed E-state index contributed by atoms with van der Waals surface area (Å²) >= 11 is 1.65. The molecule has 2 rings (SSSR count). The number of aliphatic imine (C=N–C) groups is 1. The van der Waals surface area contributed by atoms with Crippen LogP contribution in [-0.2, 0) is 13.1 Å². The highest BCUT2D eigenvalue weighted by atomic mass is 32.1. The number of hydrogen-bond donors (Lipinski definition) is 2. The molecule has 0 aliphatic heterocycles. The molecule has 7 heteroatoms. The minimum absolute atomic E-state index is 0.0544. The first kappa shape index (κ1) is 19.9. The van der Waals surface area contributed by atoms with Crippen molar-refractivity contribution in [3.05, 3.63) is 51.5 Å². The molecular formula is C19H27N5OS. The number of guanidine groups is 1. The highest BCUT2D eigenvalue weighted by Gasteiger charge is 2.09. The van der Waals surface area contributed by atoms with Gasteiger partial charge in [0.2, 0.25) is 0 Å². The van der Waals surface area contributed by atoms with Crippen LogP contribution in [0, 0.1) is 6.92 Å². The Balaban J connectivity index is 2.08. The zero-order valence-electron chi connectivity index (χ0n) is 15.9. The van der Waals surface area contributed by atoms with Crippen LogP contribution in [0.1, 0.15) is 40.5 Å². The van der Waals surface area contributed by atoms with E-state index in [2.05, 4.69) is 25.9 Å². The van der Waals surface area contributed by atoms with Crippen LogP contribution in [0.4, 0.5) is 0 Å². The molecule has 0 bridgehead atoms. The molecule has 0 unspecified atom stereocenters. The summed E-state index contributed by atoms with van der Waals surface area (Å²) in [5.41, 5.74) is 2.71. The van der Waals surface area contributed by atoms with E-state index in [1.165, 1.54) is 0 Å². The lowest BCUT2D eigenvalue weighted by molar-refractivity contribution is 0.0955. The van der Waals surface area contributed by atoms with Gasteiger partial charge >= 0.3 is 0 Å². The van der Waals surface area contributed by atoms with Gasteiger partial charge in [-0.2, -0.15) is 0 Å². The molecule has 140 valence electrons. The molecule has 0 saturated carbocycles. The maximum absolute atomic E-state index is 12.0. The molecule has 0 radical (unpaired) electrons. The van der Waals surface area contributed by atoms with Crippen LogP contribution in [-0.4, -0.2) is 41.9 Å². The summed E-state index contributed by atoms with van der Waals surface area (Å²) in [7, 11) is 2.00. The van der Waals surface area contributed by atoms with E-state index in [0.29, 0.717) is 25.2 Å². The third-order valence-electron chi connectivity index (χ3n) is 3.70. The quantitative estimate of drug-likeness (QED) is 0.578. The van der Waals surface area contributed by atoms with Gasteiger partial charge in [-0.1, -0.05) is 12.1 Å². The SMILES string of the molecule is CCNC(=O)c1cccc(CN=C(NCC)N(C)Cc2csc(C)n2)c1. The average Bonchev–Trinajstić information content (AvgIpc) is 3.03. The molecule has 2 N–H and O–H groups in total. The summed E-state index contributed by atoms with van der Waals surface area (Å²) in [5.74, 6) is 0.767. The van der Waals surface area contributed by atoms with Gasteiger partial charge in [0.25, 0.3) is 5.91 Å². The fraction of sp³-hybridized carbons (Fsp3) is 0.421. The zero-order chi connectivity index (χ0) is 18.9. The Kier molecular flexibility index (Phi) is 7.59. The molecule has 0 aliphatic rings. The van der Waals surface area contributed by atoms with Crippen molar-refractivity contribution >= 4 is 23.2 Å². The van der Waals surface area contributed by atoms with Crippen molar-refractivity contribution in [2.45, 2.75) is 33.9 Å². The van der Waals surface area contributed by atoms with Crippen LogP contribution in [0.2, 0.25) is 0 Å². The van der Waals surface area contributed by atoms with Gasteiger partial charge in [-0.25, -0.2) is 9.98 Å². The third kappa shape index (κ3) is 5.84. The highest BCUT2D eigenvalue weighted by molar-refractivity contribution is 7.09. The summed E-state index contributed by atoms with van der Waals surface area (Å²) in [4.78, 5) is 23.3. The van der Waals surface area contributed by atoms with Crippen molar-refractivity contribution in [2.75, 3.05) is 20.1 Å². The van der Waals surface area contributed by atoms with Crippen molar-refractivity contribution < 1.29 is 4.79 Å². The van der Waals surface area contributed by atoms with E-state index < -0.39 is 0 Å². The molecule has 0 fully saturated rings. The van der Waals surface area contributed by atoms with E-state index in [4.69, 9.17) is 4.99 Å². The number of thiazole rings is 1. The molecule has 1 aromatic carbocycles. The predicted octanol–water partition coefficient (Wildman–Crippen LogP) is 2.80. The molecular weight excluding hydrogens is 346 g/mol. The van der Waals surface area contributed by atoms with Crippen molar-refractivity contribution in [3.63, 3.8) is 0 Å². The van der Waals surface area contributed by atoms with E-state index in [-0.39, 0.29) is 5.91 Å². The summed E-state index contributed by atoms with van der Waals surface area (Å²) in [5, 5.41) is 9.27. The maximum atomic E-state index is 12.0. The van der Waals surface area contributed by atoms with Crippen molar-refractivity contribution in [3.8, 4) is 0 Å². The molecule has 6 nitrogen and oxygen atoms in total. The molecule has 1 amide bonds. The van der Waals surface area contributed by atoms with Crippen molar-refractivity contribution in [2.24, 2.45) is 4.99 Å². The van der Waals surface area contributed by atoms with E-state index in [1.54, 1.807) is 11.3 Å². The Morgan fingerprint density at radius 1 is 1.27 bits per heavy atom. The number of aromatic nitrogens is 1. The molecule has 0 spiro atoms. The van der Waals surface area contributed by atoms with Crippen LogP contribution in [0.5, 0.6) is 0 Å². The number of amides is 1. The number of carbonyl (C=O) groups excluding carboxylic acids is 1. The first-order chi connectivity index (χ1) is 12.5. The first-order valence-corrected chi connectivity index (χ1v) is 9.69. The highest BCUT2D eigenvalue weighted by Crippen LogP contribution is 2.11. The Bertz CT molecular complexity index is 756. The van der Waals surface area contributed by atoms with Crippen LogP contribution in [0.15, 0.2) is 34.6 Å². The van der Waals surface area contributed by atoms with E-state index in [0.717, 1.165) is 28.8 Å². The molecule has 2 aromatic rings. The van der Waals surface area contributed by atoms with Gasteiger partial charge in [0, 0.05) is 31.1 Å². The number of hydrogen-bond acceptors (Lipinski definition) is 4. The molecule has 26 heavy (non-hydrogen) atoms. The van der Waals surface area contributed by atoms with E-state index in [9.17, 15) is 4.79 Å². The lowest BCUT2D eigenvalue weighted by Gasteiger charge is -2.21. The number of rotatable bonds is 7. The van der Waals surface area contributed by atoms with Crippen LogP contribution >= 0.6 is 11.3 Å². The van der Waals surface area contributed by atoms with E-state index in [1.807, 2.05) is 52.1 Å². The minimum atomic E-state index is -0.0544. The van der Waals surface area contributed by atoms with Crippen LogP contribution in [0.25, 0.3) is 0 Å². The number of aryl methyl sites for hydroxylation is 1. The fourth-order valence-electron chi connectivity index (χ4n) is 2.51. The Hall–Kier alpha value is -2.41. The van der Waals surface area contributed by atoms with Gasteiger partial charge in [0.1, 0.15) is 0 Å². The molecule has 1 aromatic heterocycles. The monoisotopic (exact) mass is 373 g/mol. The van der Waals surface area contributed by atoms with Gasteiger partial charge in [0.15, 0.2) is 5.96 Å². The maximum Gasteiger partial charge on any atom is 0.251 e. The second kappa shape index (κ2) is 9.91. The topological polar surface area (TPSA) is 69.6 Å². The first-order valence-electron chi connectivity index (χ1n) is 8.81. The number of nitrogens with one attached hydrogen (secondary N) is 2. The average molecular weight is 374 g/mol. The van der Waals surface area contributed by atoms with Crippen LogP contribution in [0.3, 0.4) is 0 Å². The van der Waals surface area contributed by atoms with Crippen molar-refractivity contribution in [1.29, 1.82) is 0 Å². The van der Waals surface area contributed by atoms with Gasteiger partial charge in [-0.15, -0.1) is 11.3 Å². The third-order valence-corrected chi connectivity index (χ3v) is 4.52. The lowest BCUT2D eigenvalue weighted by Crippen LogP contribution is -2.38. The number of benzene rings is 1. The predicted molar refractivity (Wildman–Crippen MR) is 108 cm³/mol. The second-order valence-corrected chi connectivity index (χ2v) is 7.01. The van der Waals surface area contributed by atoms with Gasteiger partial charge < -0.3 is 15.5 Å². The summed E-state index contributed by atoms with van der Waals surface area (Å²) in [6.07, 6.45) is 0. The smallest absolute Gasteiger partial charge is 0.251 e. The molecule has 0 saturated heterocycles. The molecule has 0 atom stereocenters. The Labute approximate surface area is 159 Å². The normalized spacial score (nSPS) is 11.3. The van der Waals surface area contributed by atoms with Crippen LogP contribution < -0.4 is 10.6 Å². The molecule has 1 heterocycles. The largest absolute Gasteiger partial charge is 0.357 e. The summed E-state index contributed by atoms with van der Waals surface area (Å²) in [6.45, 7) is 8.59. The standard InChI is InChI=1S/C19H27N5OS/c1-5-20-18(25)16-9-7-8-15(10-16)11-22-19(21-6-2)24(4)12-17-13-26-14(3)23-17/h7-10,13H,5-6,11-12H2,1-4H3,(H,20,25)(H,21,22). The second-order valence-electron chi connectivity index (χ2n) is 5.94. The van der Waals surface area contributed by atoms with Crippen molar-refractivity contribution in [1.82, 2.24) is 20.5 Å². The number of carbonyl (C=O) groups is 1.